The maximum absolute atomic E-state index is 11.9. The highest BCUT2D eigenvalue weighted by Crippen LogP contribution is 2.29. The number of hydrogen-bond donors (Lipinski definition) is 1. The number of ether oxygens (including phenoxy) is 2. The van der Waals surface area contributed by atoms with Crippen molar-refractivity contribution in [3.05, 3.63) is 23.3 Å². The monoisotopic (exact) mass is 237 g/mol. The van der Waals surface area contributed by atoms with E-state index in [1.165, 1.54) is 7.11 Å². The molecule has 0 fully saturated rings. The molecule has 1 aromatic rings. The Bertz CT molecular complexity index is 433. The van der Waals surface area contributed by atoms with Crippen LogP contribution >= 0.6 is 0 Å². The smallest absolute Gasteiger partial charge is 0.339 e. The van der Waals surface area contributed by atoms with Crippen LogP contribution in [0.1, 0.15) is 36.7 Å². The largest absolute Gasteiger partial charge is 0.494 e. The Balaban J connectivity index is 3.12. The minimum atomic E-state index is -0.516. The molecular formula is C13H19NO3. The van der Waals surface area contributed by atoms with E-state index in [1.807, 2.05) is 20.8 Å². The van der Waals surface area contributed by atoms with Crippen molar-refractivity contribution >= 4 is 11.7 Å². The Morgan fingerprint density at radius 1 is 1.29 bits per heavy atom. The molecule has 0 heterocycles. The van der Waals surface area contributed by atoms with Gasteiger partial charge in [-0.25, -0.2) is 4.79 Å². The fourth-order valence-corrected chi connectivity index (χ4v) is 1.54. The molecule has 0 saturated carbocycles. The molecule has 4 heteroatoms. The lowest BCUT2D eigenvalue weighted by Crippen LogP contribution is -2.24. The molecule has 0 saturated heterocycles. The molecule has 0 radical (unpaired) electrons. The van der Waals surface area contributed by atoms with Crippen molar-refractivity contribution < 1.29 is 14.3 Å². The van der Waals surface area contributed by atoms with E-state index in [-0.39, 0.29) is 5.97 Å². The lowest BCUT2D eigenvalue weighted by Gasteiger charge is -2.20. The lowest BCUT2D eigenvalue weighted by atomic mass is 10.1. The summed E-state index contributed by atoms with van der Waals surface area (Å²) in [5, 5.41) is 0. The van der Waals surface area contributed by atoms with E-state index in [0.717, 1.165) is 0 Å². The zero-order valence-electron chi connectivity index (χ0n) is 11.0. The molecule has 17 heavy (non-hydrogen) atoms. The summed E-state index contributed by atoms with van der Waals surface area (Å²) >= 11 is 0. The van der Waals surface area contributed by atoms with Crippen molar-refractivity contribution in [3.63, 3.8) is 0 Å². The van der Waals surface area contributed by atoms with E-state index in [9.17, 15) is 4.79 Å². The molecule has 0 aliphatic rings. The Morgan fingerprint density at radius 3 is 2.35 bits per heavy atom. The fraction of sp³-hybridized carbons (Fsp3) is 0.462. The first-order valence-corrected chi connectivity index (χ1v) is 5.42. The van der Waals surface area contributed by atoms with Crippen LogP contribution in [0.3, 0.4) is 0 Å². The number of nitrogen functional groups attached to an aromatic ring is 1. The molecule has 0 aromatic heterocycles. The SMILES string of the molecule is COc1c(N)ccc(C(=O)OC(C)(C)C)c1C. The van der Waals surface area contributed by atoms with E-state index in [1.54, 1.807) is 19.1 Å². The van der Waals surface area contributed by atoms with Crippen molar-refractivity contribution in [1.29, 1.82) is 0 Å². The van der Waals surface area contributed by atoms with E-state index in [2.05, 4.69) is 0 Å². The van der Waals surface area contributed by atoms with Crippen LogP contribution in [0.2, 0.25) is 0 Å². The third kappa shape index (κ3) is 3.12. The molecule has 0 amide bonds. The summed E-state index contributed by atoms with van der Waals surface area (Å²) in [6, 6.07) is 3.30. The van der Waals surface area contributed by atoms with Gasteiger partial charge in [0.05, 0.1) is 18.4 Å². The van der Waals surface area contributed by atoms with E-state index in [4.69, 9.17) is 15.2 Å². The zero-order chi connectivity index (χ0) is 13.2. The van der Waals surface area contributed by atoms with Crippen LogP contribution in [0.5, 0.6) is 5.75 Å². The van der Waals surface area contributed by atoms with Gasteiger partial charge < -0.3 is 15.2 Å². The second kappa shape index (κ2) is 4.65. The summed E-state index contributed by atoms with van der Waals surface area (Å²) < 4.78 is 10.5. The number of nitrogens with two attached hydrogens (primary N) is 1. The highest BCUT2D eigenvalue weighted by molar-refractivity contribution is 5.93. The maximum Gasteiger partial charge on any atom is 0.339 e. The van der Waals surface area contributed by atoms with Crippen molar-refractivity contribution in [1.82, 2.24) is 0 Å². The number of hydrogen-bond acceptors (Lipinski definition) is 4. The summed E-state index contributed by atoms with van der Waals surface area (Å²) in [6.07, 6.45) is 0. The van der Waals surface area contributed by atoms with Gasteiger partial charge in [0.1, 0.15) is 11.4 Å². The summed E-state index contributed by atoms with van der Waals surface area (Å²) in [5.74, 6) is 0.154. The predicted octanol–water partition coefficient (Wildman–Crippen LogP) is 2.54. The third-order valence-corrected chi connectivity index (χ3v) is 2.26. The zero-order valence-corrected chi connectivity index (χ0v) is 11.0. The van der Waals surface area contributed by atoms with Gasteiger partial charge in [-0.05, 0) is 39.8 Å². The summed E-state index contributed by atoms with van der Waals surface area (Å²) in [6.45, 7) is 7.27. The van der Waals surface area contributed by atoms with Crippen LogP contribution in [0.25, 0.3) is 0 Å². The standard InChI is InChI=1S/C13H19NO3/c1-8-9(12(15)17-13(2,3)4)6-7-10(14)11(8)16-5/h6-7H,14H2,1-5H3. The molecule has 0 aliphatic heterocycles. The van der Waals surface area contributed by atoms with Crippen LogP contribution in [0, 0.1) is 6.92 Å². The minimum absolute atomic E-state index is 0.367. The van der Waals surface area contributed by atoms with Crippen molar-refractivity contribution in [3.8, 4) is 5.75 Å². The van der Waals surface area contributed by atoms with Gasteiger partial charge in [0.2, 0.25) is 0 Å². The van der Waals surface area contributed by atoms with Gasteiger partial charge in [-0.2, -0.15) is 0 Å². The molecule has 0 atom stereocenters. The number of anilines is 1. The maximum atomic E-state index is 11.9. The molecule has 2 N–H and O–H groups in total. The average Bonchev–Trinajstić information content (AvgIpc) is 2.15. The number of methoxy groups -OCH3 is 1. The van der Waals surface area contributed by atoms with Crippen LogP contribution < -0.4 is 10.5 Å². The second-order valence-corrected chi connectivity index (χ2v) is 4.86. The lowest BCUT2D eigenvalue weighted by molar-refractivity contribution is 0.00684. The number of esters is 1. The molecule has 0 aliphatic carbocycles. The Hall–Kier alpha value is -1.71. The van der Waals surface area contributed by atoms with Gasteiger partial charge in [-0.15, -0.1) is 0 Å². The van der Waals surface area contributed by atoms with Crippen molar-refractivity contribution in [2.45, 2.75) is 33.3 Å². The Morgan fingerprint density at radius 2 is 1.88 bits per heavy atom. The Kier molecular flexibility index (Phi) is 3.66. The quantitative estimate of drug-likeness (QED) is 0.634. The normalized spacial score (nSPS) is 11.1. The predicted molar refractivity (Wildman–Crippen MR) is 67.3 cm³/mol. The molecule has 1 rings (SSSR count). The molecule has 0 unspecified atom stereocenters. The van der Waals surface area contributed by atoms with Crippen LogP contribution in [-0.2, 0) is 4.74 Å². The van der Waals surface area contributed by atoms with Gasteiger partial charge in [0.15, 0.2) is 0 Å². The van der Waals surface area contributed by atoms with Crippen LogP contribution in [-0.4, -0.2) is 18.7 Å². The number of benzene rings is 1. The average molecular weight is 237 g/mol. The second-order valence-electron chi connectivity index (χ2n) is 4.86. The van der Waals surface area contributed by atoms with E-state index in [0.29, 0.717) is 22.6 Å². The first kappa shape index (κ1) is 13.4. The van der Waals surface area contributed by atoms with Crippen molar-refractivity contribution in [2.24, 2.45) is 0 Å². The number of carbonyl (C=O) groups excluding carboxylic acids is 1. The molecular weight excluding hydrogens is 218 g/mol. The minimum Gasteiger partial charge on any atom is -0.494 e. The van der Waals surface area contributed by atoms with Gasteiger partial charge in [-0.1, -0.05) is 0 Å². The summed E-state index contributed by atoms with van der Waals surface area (Å²) in [4.78, 5) is 11.9. The van der Waals surface area contributed by atoms with Gasteiger partial charge >= 0.3 is 5.97 Å². The number of carbonyl (C=O) groups is 1. The van der Waals surface area contributed by atoms with Gasteiger partial charge in [0.25, 0.3) is 0 Å². The van der Waals surface area contributed by atoms with E-state index < -0.39 is 5.60 Å². The first-order valence-electron chi connectivity index (χ1n) is 5.42. The summed E-state index contributed by atoms with van der Waals surface area (Å²) in [7, 11) is 1.53. The van der Waals surface area contributed by atoms with Crippen molar-refractivity contribution in [2.75, 3.05) is 12.8 Å². The van der Waals surface area contributed by atoms with Gasteiger partial charge in [-0.3, -0.25) is 0 Å². The molecule has 4 nitrogen and oxygen atoms in total. The molecule has 1 aromatic carbocycles. The molecule has 94 valence electrons. The number of rotatable bonds is 2. The Labute approximate surface area is 102 Å². The molecule has 0 bridgehead atoms. The third-order valence-electron chi connectivity index (χ3n) is 2.26. The first-order chi connectivity index (χ1) is 7.76. The van der Waals surface area contributed by atoms with Crippen LogP contribution in [0.15, 0.2) is 12.1 Å². The molecule has 0 spiro atoms. The van der Waals surface area contributed by atoms with E-state index >= 15 is 0 Å². The highest BCUT2D eigenvalue weighted by Gasteiger charge is 2.21. The van der Waals surface area contributed by atoms with Gasteiger partial charge in [0, 0.05) is 5.56 Å². The fourth-order valence-electron chi connectivity index (χ4n) is 1.54. The van der Waals surface area contributed by atoms with Crippen LogP contribution in [0.4, 0.5) is 5.69 Å². The summed E-state index contributed by atoms with van der Waals surface area (Å²) in [5.41, 5.74) is 6.92. The topological polar surface area (TPSA) is 61.5 Å². The highest BCUT2D eigenvalue weighted by atomic mass is 16.6.